The van der Waals surface area contributed by atoms with E-state index in [0.717, 1.165) is 6.07 Å². The predicted octanol–water partition coefficient (Wildman–Crippen LogP) is 1.87. The molecule has 2 N–H and O–H groups in total. The second-order valence-corrected chi connectivity index (χ2v) is 3.85. The van der Waals surface area contributed by atoms with Crippen molar-refractivity contribution >= 4 is 11.9 Å². The van der Waals surface area contributed by atoms with Crippen molar-refractivity contribution in [3.63, 3.8) is 0 Å². The second kappa shape index (κ2) is 5.57. The van der Waals surface area contributed by atoms with Gasteiger partial charge in [0.2, 0.25) is 0 Å². The van der Waals surface area contributed by atoms with E-state index in [4.69, 9.17) is 5.11 Å². The number of halogens is 2. The number of carboxylic acids is 1. The van der Waals surface area contributed by atoms with E-state index >= 15 is 0 Å². The molecule has 18 heavy (non-hydrogen) atoms. The summed E-state index contributed by atoms with van der Waals surface area (Å²) in [5.41, 5.74) is -0.251. The predicted molar refractivity (Wildman–Crippen MR) is 60.3 cm³/mol. The largest absolute Gasteiger partial charge is 0.480 e. The van der Waals surface area contributed by atoms with Crippen LogP contribution >= 0.6 is 0 Å². The van der Waals surface area contributed by atoms with Crippen LogP contribution in [-0.2, 0) is 4.79 Å². The number of amides is 1. The fraction of sp³-hybridized carbons (Fsp3) is 0.333. The van der Waals surface area contributed by atoms with E-state index in [9.17, 15) is 18.4 Å². The molecule has 0 aliphatic carbocycles. The monoisotopic (exact) mass is 257 g/mol. The molecule has 0 radical (unpaired) electrons. The first-order chi connectivity index (χ1) is 8.36. The van der Waals surface area contributed by atoms with Gasteiger partial charge in [-0.15, -0.1) is 0 Å². The Morgan fingerprint density at radius 2 is 1.94 bits per heavy atom. The Morgan fingerprint density at radius 3 is 2.44 bits per heavy atom. The first kappa shape index (κ1) is 14.1. The molecular formula is C12H13F2NO3. The van der Waals surface area contributed by atoms with E-state index in [-0.39, 0.29) is 17.5 Å². The lowest BCUT2D eigenvalue weighted by atomic mass is 10.1. The Bertz CT molecular complexity index is 488. The molecule has 0 aliphatic rings. The Morgan fingerprint density at radius 1 is 1.33 bits per heavy atom. The Kier molecular flexibility index (Phi) is 4.36. The molecule has 0 bridgehead atoms. The first-order valence-corrected chi connectivity index (χ1v) is 5.36. The third kappa shape index (κ3) is 3.03. The normalized spacial score (nSPS) is 12.0. The molecule has 1 rings (SSSR count). The van der Waals surface area contributed by atoms with Gasteiger partial charge in [0.25, 0.3) is 5.91 Å². The molecule has 0 saturated carbocycles. The van der Waals surface area contributed by atoms with Crippen molar-refractivity contribution in [3.8, 4) is 0 Å². The molecule has 0 spiro atoms. The van der Waals surface area contributed by atoms with Gasteiger partial charge in [0.1, 0.15) is 17.7 Å². The molecular weight excluding hydrogens is 244 g/mol. The molecule has 0 heterocycles. The van der Waals surface area contributed by atoms with E-state index in [1.807, 2.05) is 0 Å². The summed E-state index contributed by atoms with van der Waals surface area (Å²) in [4.78, 5) is 22.4. The number of hydrogen-bond acceptors (Lipinski definition) is 2. The van der Waals surface area contributed by atoms with Crippen molar-refractivity contribution in [1.82, 2.24) is 5.32 Å². The fourth-order valence-corrected chi connectivity index (χ4v) is 1.41. The molecule has 4 nitrogen and oxygen atoms in total. The van der Waals surface area contributed by atoms with Crippen LogP contribution in [0, 0.1) is 18.6 Å². The summed E-state index contributed by atoms with van der Waals surface area (Å²) in [7, 11) is 0. The molecule has 1 aromatic rings. The molecule has 0 aliphatic heterocycles. The van der Waals surface area contributed by atoms with Crippen molar-refractivity contribution in [2.45, 2.75) is 26.3 Å². The lowest BCUT2D eigenvalue weighted by molar-refractivity contribution is -0.139. The maximum absolute atomic E-state index is 13.4. The zero-order chi connectivity index (χ0) is 13.9. The number of aryl methyl sites for hydroxylation is 1. The number of aliphatic carboxylic acids is 1. The van der Waals surface area contributed by atoms with Crippen LogP contribution in [0.1, 0.15) is 29.3 Å². The van der Waals surface area contributed by atoms with Crippen LogP contribution in [0.15, 0.2) is 12.1 Å². The van der Waals surface area contributed by atoms with E-state index < -0.39 is 29.6 Å². The van der Waals surface area contributed by atoms with Gasteiger partial charge in [0, 0.05) is 6.07 Å². The number of carbonyl (C=O) groups excluding carboxylic acids is 1. The minimum Gasteiger partial charge on any atom is -0.480 e. The summed E-state index contributed by atoms with van der Waals surface area (Å²) >= 11 is 0. The summed E-state index contributed by atoms with van der Waals surface area (Å²) in [5.74, 6) is -3.85. The molecule has 6 heteroatoms. The van der Waals surface area contributed by atoms with Gasteiger partial charge in [-0.1, -0.05) is 6.92 Å². The van der Waals surface area contributed by atoms with E-state index in [2.05, 4.69) is 5.32 Å². The van der Waals surface area contributed by atoms with Crippen molar-refractivity contribution < 1.29 is 23.5 Å². The zero-order valence-corrected chi connectivity index (χ0v) is 9.96. The third-order valence-electron chi connectivity index (χ3n) is 2.50. The van der Waals surface area contributed by atoms with E-state index in [1.165, 1.54) is 6.92 Å². The van der Waals surface area contributed by atoms with Gasteiger partial charge < -0.3 is 10.4 Å². The van der Waals surface area contributed by atoms with Gasteiger partial charge in [-0.2, -0.15) is 0 Å². The standard InChI is InChI=1S/C12H13F2NO3/c1-3-10(12(17)18)15-11(16)7-4-6(2)8(13)5-9(7)14/h4-5,10H,3H2,1-2H3,(H,15,16)(H,17,18)/t10-/m1/s1. The van der Waals surface area contributed by atoms with Crippen LogP contribution in [0.5, 0.6) is 0 Å². The fourth-order valence-electron chi connectivity index (χ4n) is 1.41. The van der Waals surface area contributed by atoms with Gasteiger partial charge in [-0.3, -0.25) is 4.79 Å². The number of carboxylic acid groups (broad SMARTS) is 1. The van der Waals surface area contributed by atoms with Crippen LogP contribution in [0.3, 0.4) is 0 Å². The number of carbonyl (C=O) groups is 2. The van der Waals surface area contributed by atoms with Crippen LogP contribution in [0.25, 0.3) is 0 Å². The van der Waals surface area contributed by atoms with Gasteiger partial charge in [-0.05, 0) is 25.0 Å². The molecule has 1 aromatic carbocycles. The van der Waals surface area contributed by atoms with Crippen molar-refractivity contribution in [2.24, 2.45) is 0 Å². The van der Waals surface area contributed by atoms with Crippen LogP contribution in [0.2, 0.25) is 0 Å². The Balaban J connectivity index is 2.97. The summed E-state index contributed by atoms with van der Waals surface area (Å²) < 4.78 is 26.4. The minimum absolute atomic E-state index is 0.116. The topological polar surface area (TPSA) is 66.4 Å². The van der Waals surface area contributed by atoms with Crippen LogP contribution in [-0.4, -0.2) is 23.0 Å². The summed E-state index contributed by atoms with van der Waals surface area (Å²) in [6.45, 7) is 2.96. The Hall–Kier alpha value is -1.98. The minimum atomic E-state index is -1.20. The van der Waals surface area contributed by atoms with Gasteiger partial charge in [-0.25, -0.2) is 13.6 Å². The molecule has 1 atom stereocenters. The average molecular weight is 257 g/mol. The first-order valence-electron chi connectivity index (χ1n) is 5.36. The average Bonchev–Trinajstić information content (AvgIpc) is 2.29. The third-order valence-corrected chi connectivity index (χ3v) is 2.50. The van der Waals surface area contributed by atoms with Crippen molar-refractivity contribution in [1.29, 1.82) is 0 Å². The molecule has 0 unspecified atom stereocenters. The maximum atomic E-state index is 13.4. The van der Waals surface area contributed by atoms with Crippen molar-refractivity contribution in [3.05, 3.63) is 34.9 Å². The van der Waals surface area contributed by atoms with Gasteiger partial charge >= 0.3 is 5.97 Å². The number of hydrogen-bond donors (Lipinski definition) is 2. The zero-order valence-electron chi connectivity index (χ0n) is 9.96. The summed E-state index contributed by atoms with van der Waals surface area (Å²) in [6.07, 6.45) is 0.170. The lowest BCUT2D eigenvalue weighted by Crippen LogP contribution is -2.40. The summed E-state index contributed by atoms with van der Waals surface area (Å²) in [6, 6.07) is 0.558. The molecule has 0 fully saturated rings. The van der Waals surface area contributed by atoms with Crippen LogP contribution < -0.4 is 5.32 Å². The Labute approximate surface area is 103 Å². The van der Waals surface area contributed by atoms with Crippen molar-refractivity contribution in [2.75, 3.05) is 0 Å². The smallest absolute Gasteiger partial charge is 0.326 e. The second-order valence-electron chi connectivity index (χ2n) is 3.85. The highest BCUT2D eigenvalue weighted by atomic mass is 19.1. The van der Waals surface area contributed by atoms with Gasteiger partial charge in [0.15, 0.2) is 0 Å². The lowest BCUT2D eigenvalue weighted by Gasteiger charge is -2.13. The quantitative estimate of drug-likeness (QED) is 0.865. The summed E-state index contributed by atoms with van der Waals surface area (Å²) in [5, 5.41) is 10.9. The number of rotatable bonds is 4. The van der Waals surface area contributed by atoms with E-state index in [0.29, 0.717) is 6.07 Å². The highest BCUT2D eigenvalue weighted by molar-refractivity contribution is 5.96. The maximum Gasteiger partial charge on any atom is 0.326 e. The van der Waals surface area contributed by atoms with Gasteiger partial charge in [0.05, 0.1) is 5.56 Å². The number of nitrogens with one attached hydrogen (secondary N) is 1. The highest BCUT2D eigenvalue weighted by Gasteiger charge is 2.21. The number of benzene rings is 1. The molecule has 1 amide bonds. The molecule has 0 saturated heterocycles. The van der Waals surface area contributed by atoms with Crippen LogP contribution in [0.4, 0.5) is 8.78 Å². The molecule has 0 aromatic heterocycles. The highest BCUT2D eigenvalue weighted by Crippen LogP contribution is 2.14. The van der Waals surface area contributed by atoms with E-state index in [1.54, 1.807) is 6.92 Å². The SMILES string of the molecule is CC[C@@H](NC(=O)c1cc(C)c(F)cc1F)C(=O)O. The molecule has 98 valence electrons.